The molecule has 7 nitrogen and oxygen atoms in total. The molecule has 2 amide bonds. The molecule has 1 N–H and O–H groups in total. The van der Waals surface area contributed by atoms with Gasteiger partial charge in [-0.05, 0) is 64.9 Å². The molecule has 2 aliphatic rings. The summed E-state index contributed by atoms with van der Waals surface area (Å²) >= 11 is 0. The SMILES string of the molecule is O=C(Nc1ccc(C2CCN(C(=O)Cc3cccc4ccccc34)CC2)cc1)C1CN(c2cccnn2)C1. The number of benzene rings is 3. The number of amides is 2. The van der Waals surface area contributed by atoms with Crippen molar-refractivity contribution in [3.8, 4) is 0 Å². The molecule has 2 saturated heterocycles. The van der Waals surface area contributed by atoms with Gasteiger partial charge in [-0.1, -0.05) is 54.6 Å². The molecule has 1 aromatic heterocycles. The highest BCUT2D eigenvalue weighted by atomic mass is 16.2. The summed E-state index contributed by atoms with van der Waals surface area (Å²) in [5, 5.41) is 13.4. The maximum absolute atomic E-state index is 13.1. The van der Waals surface area contributed by atoms with Gasteiger partial charge in [0.05, 0.1) is 12.3 Å². The van der Waals surface area contributed by atoms with E-state index in [0.717, 1.165) is 48.4 Å². The van der Waals surface area contributed by atoms with Crippen molar-refractivity contribution in [3.05, 3.63) is 96.2 Å². The average Bonchev–Trinajstić information content (AvgIpc) is 2.93. The lowest BCUT2D eigenvalue weighted by molar-refractivity contribution is -0.131. The van der Waals surface area contributed by atoms with Crippen molar-refractivity contribution < 1.29 is 9.59 Å². The van der Waals surface area contributed by atoms with Gasteiger partial charge in [0.1, 0.15) is 0 Å². The second-order valence-corrected chi connectivity index (χ2v) is 10.3. The Bertz CT molecular complexity index is 1420. The number of likely N-dealkylation sites (tertiary alicyclic amines) is 1. The van der Waals surface area contributed by atoms with Crippen molar-refractivity contribution in [2.45, 2.75) is 25.2 Å². The Morgan fingerprint density at radius 3 is 2.39 bits per heavy atom. The summed E-state index contributed by atoms with van der Waals surface area (Å²) in [4.78, 5) is 29.8. The van der Waals surface area contributed by atoms with Gasteiger partial charge in [-0.15, -0.1) is 5.10 Å². The van der Waals surface area contributed by atoms with Crippen LogP contribution in [0, 0.1) is 5.92 Å². The van der Waals surface area contributed by atoms with Crippen LogP contribution in [0.5, 0.6) is 0 Å². The number of nitrogens with one attached hydrogen (secondary N) is 1. The Morgan fingerprint density at radius 1 is 0.868 bits per heavy atom. The van der Waals surface area contributed by atoms with Gasteiger partial charge in [0, 0.05) is 38.1 Å². The lowest BCUT2D eigenvalue weighted by Crippen LogP contribution is -2.52. The Hall–Kier alpha value is -4.26. The molecule has 2 fully saturated rings. The quantitative estimate of drug-likeness (QED) is 0.413. The Morgan fingerprint density at radius 2 is 1.63 bits per heavy atom. The number of anilines is 2. The van der Waals surface area contributed by atoms with Crippen LogP contribution in [0.2, 0.25) is 0 Å². The first kappa shape index (κ1) is 24.1. The van der Waals surface area contributed by atoms with Crippen molar-refractivity contribution in [1.82, 2.24) is 15.1 Å². The van der Waals surface area contributed by atoms with Crippen LogP contribution in [-0.4, -0.2) is 53.1 Å². The third-order valence-corrected chi connectivity index (χ3v) is 7.85. The second kappa shape index (κ2) is 10.6. The molecule has 0 saturated carbocycles. The van der Waals surface area contributed by atoms with Gasteiger partial charge in [0.15, 0.2) is 5.82 Å². The van der Waals surface area contributed by atoms with Crippen molar-refractivity contribution in [1.29, 1.82) is 0 Å². The number of hydrogen-bond donors (Lipinski definition) is 1. The first-order valence-electron chi connectivity index (χ1n) is 13.3. The van der Waals surface area contributed by atoms with E-state index in [1.807, 2.05) is 47.4 Å². The van der Waals surface area contributed by atoms with E-state index in [4.69, 9.17) is 0 Å². The first-order valence-corrected chi connectivity index (χ1v) is 13.3. The van der Waals surface area contributed by atoms with Gasteiger partial charge >= 0.3 is 0 Å². The van der Waals surface area contributed by atoms with Crippen molar-refractivity contribution in [2.75, 3.05) is 36.4 Å². The highest BCUT2D eigenvalue weighted by Crippen LogP contribution is 2.30. The number of nitrogens with zero attached hydrogens (tertiary/aromatic N) is 4. The summed E-state index contributed by atoms with van der Waals surface area (Å²) < 4.78 is 0. The van der Waals surface area contributed by atoms with Crippen molar-refractivity contribution in [3.63, 3.8) is 0 Å². The molecule has 0 bridgehead atoms. The van der Waals surface area contributed by atoms with Gasteiger partial charge in [0.2, 0.25) is 11.8 Å². The summed E-state index contributed by atoms with van der Waals surface area (Å²) in [6, 6.07) is 26.4. The molecule has 0 spiro atoms. The molecular formula is C31H31N5O2. The lowest BCUT2D eigenvalue weighted by Gasteiger charge is -2.38. The van der Waals surface area contributed by atoms with Crippen LogP contribution in [-0.2, 0) is 16.0 Å². The Balaban J connectivity index is 0.986. The minimum absolute atomic E-state index is 0.0379. The average molecular weight is 506 g/mol. The summed E-state index contributed by atoms with van der Waals surface area (Å²) in [5.41, 5.74) is 3.18. The number of carbonyl (C=O) groups excluding carboxylic acids is 2. The van der Waals surface area contributed by atoms with Crippen LogP contribution < -0.4 is 10.2 Å². The summed E-state index contributed by atoms with van der Waals surface area (Å²) in [7, 11) is 0. The molecule has 0 radical (unpaired) electrons. The largest absolute Gasteiger partial charge is 0.353 e. The van der Waals surface area contributed by atoms with E-state index in [1.165, 1.54) is 10.9 Å². The molecule has 6 rings (SSSR count). The summed E-state index contributed by atoms with van der Waals surface area (Å²) in [6.45, 7) is 2.86. The fourth-order valence-electron chi connectivity index (χ4n) is 5.56. The number of hydrogen-bond acceptors (Lipinski definition) is 5. The smallest absolute Gasteiger partial charge is 0.231 e. The van der Waals surface area contributed by atoms with E-state index in [2.05, 4.69) is 56.8 Å². The van der Waals surface area contributed by atoms with Crippen LogP contribution in [0.15, 0.2) is 85.1 Å². The third kappa shape index (κ3) is 5.09. The highest BCUT2D eigenvalue weighted by Gasteiger charge is 2.33. The van der Waals surface area contributed by atoms with E-state index < -0.39 is 0 Å². The maximum Gasteiger partial charge on any atom is 0.231 e. The fourth-order valence-corrected chi connectivity index (χ4v) is 5.56. The Labute approximate surface area is 222 Å². The minimum atomic E-state index is -0.0487. The third-order valence-electron chi connectivity index (χ3n) is 7.85. The number of carbonyl (C=O) groups is 2. The topological polar surface area (TPSA) is 78.4 Å². The zero-order valence-corrected chi connectivity index (χ0v) is 21.3. The van der Waals surface area contributed by atoms with Gasteiger partial charge < -0.3 is 15.1 Å². The van der Waals surface area contributed by atoms with E-state index in [9.17, 15) is 9.59 Å². The second-order valence-electron chi connectivity index (χ2n) is 10.3. The molecule has 2 aliphatic heterocycles. The molecule has 3 heterocycles. The Kier molecular flexibility index (Phi) is 6.73. The van der Waals surface area contributed by atoms with Crippen LogP contribution in [0.25, 0.3) is 10.8 Å². The van der Waals surface area contributed by atoms with Crippen molar-refractivity contribution >= 4 is 34.1 Å². The van der Waals surface area contributed by atoms with Gasteiger partial charge in [0.25, 0.3) is 0 Å². The van der Waals surface area contributed by atoms with Gasteiger partial charge in [-0.2, -0.15) is 5.10 Å². The van der Waals surface area contributed by atoms with E-state index in [-0.39, 0.29) is 17.7 Å². The molecule has 3 aromatic carbocycles. The first-order chi connectivity index (χ1) is 18.6. The van der Waals surface area contributed by atoms with Crippen molar-refractivity contribution in [2.24, 2.45) is 5.92 Å². The van der Waals surface area contributed by atoms with E-state index >= 15 is 0 Å². The van der Waals surface area contributed by atoms with Crippen LogP contribution in [0.3, 0.4) is 0 Å². The fraction of sp³-hybridized carbons (Fsp3) is 0.290. The minimum Gasteiger partial charge on any atom is -0.353 e. The molecule has 0 aliphatic carbocycles. The standard InChI is InChI=1S/C31H31N5O2/c37-30(19-25-7-3-6-24-5-1-2-8-28(24)25)35-17-14-23(15-18-35)22-10-12-27(13-11-22)33-31(38)26-20-36(21-26)29-9-4-16-32-34-29/h1-13,16,23,26H,14-15,17-21H2,(H,33,38). The lowest BCUT2D eigenvalue weighted by atomic mass is 9.89. The molecule has 38 heavy (non-hydrogen) atoms. The molecule has 7 heteroatoms. The predicted molar refractivity (Wildman–Crippen MR) is 149 cm³/mol. The number of aromatic nitrogens is 2. The van der Waals surface area contributed by atoms with E-state index in [1.54, 1.807) is 6.20 Å². The summed E-state index contributed by atoms with van der Waals surface area (Å²) in [6.07, 6.45) is 3.99. The molecular weight excluding hydrogens is 474 g/mol. The van der Waals surface area contributed by atoms with Crippen LogP contribution in [0.4, 0.5) is 11.5 Å². The van der Waals surface area contributed by atoms with Gasteiger partial charge in [-0.25, -0.2) is 0 Å². The number of rotatable bonds is 6. The maximum atomic E-state index is 13.1. The predicted octanol–water partition coefficient (Wildman–Crippen LogP) is 4.65. The zero-order valence-electron chi connectivity index (χ0n) is 21.3. The molecule has 0 unspecified atom stereocenters. The van der Waals surface area contributed by atoms with Crippen LogP contribution >= 0.6 is 0 Å². The zero-order chi connectivity index (χ0) is 25.9. The normalized spacial score (nSPS) is 16.3. The van der Waals surface area contributed by atoms with Gasteiger partial charge in [-0.3, -0.25) is 9.59 Å². The van der Waals surface area contributed by atoms with Crippen LogP contribution in [0.1, 0.15) is 29.9 Å². The molecule has 192 valence electrons. The molecule has 0 atom stereocenters. The summed E-state index contributed by atoms with van der Waals surface area (Å²) in [5.74, 6) is 1.42. The monoisotopic (exact) mass is 505 g/mol. The number of fused-ring (bicyclic) bond motifs is 1. The van der Waals surface area contributed by atoms with E-state index in [0.29, 0.717) is 25.4 Å². The highest BCUT2D eigenvalue weighted by molar-refractivity contribution is 5.94. The molecule has 4 aromatic rings. The number of piperidine rings is 1.